The van der Waals surface area contributed by atoms with Crippen molar-refractivity contribution in [3.63, 3.8) is 0 Å². The zero-order chi connectivity index (χ0) is 8.97. The van der Waals surface area contributed by atoms with Gasteiger partial charge in [-0.25, -0.2) is 4.39 Å². The maximum Gasteiger partial charge on any atom is 0.142 e. The van der Waals surface area contributed by atoms with E-state index in [9.17, 15) is 4.39 Å². The molecule has 0 aliphatic carbocycles. The van der Waals surface area contributed by atoms with Crippen LogP contribution in [-0.4, -0.2) is 0 Å². The summed E-state index contributed by atoms with van der Waals surface area (Å²) in [6.45, 7) is 1.82. The molecule has 0 spiro atoms. The van der Waals surface area contributed by atoms with Crippen molar-refractivity contribution < 1.29 is 9.13 Å². The molecule has 1 aromatic rings. The molecule has 0 saturated heterocycles. The van der Waals surface area contributed by atoms with E-state index < -0.39 is 5.82 Å². The van der Waals surface area contributed by atoms with Gasteiger partial charge in [0.1, 0.15) is 11.6 Å². The fourth-order valence-electron chi connectivity index (χ4n) is 0.697. The third-order valence-electron chi connectivity index (χ3n) is 1.23. The van der Waals surface area contributed by atoms with Gasteiger partial charge in [0.2, 0.25) is 0 Å². The Morgan fingerprint density at radius 1 is 1.50 bits per heavy atom. The van der Waals surface area contributed by atoms with E-state index in [0.29, 0.717) is 5.75 Å². The predicted octanol–water partition coefficient (Wildman–Crippen LogP) is 3.39. The van der Waals surface area contributed by atoms with E-state index in [2.05, 4.69) is 0 Å². The molecule has 1 nitrogen and oxygen atoms in total. The molecule has 0 aliphatic rings. The Balaban J connectivity index is 2.82. The van der Waals surface area contributed by atoms with Crippen molar-refractivity contribution in [2.45, 2.75) is 6.92 Å². The van der Waals surface area contributed by atoms with Crippen LogP contribution >= 0.6 is 11.6 Å². The van der Waals surface area contributed by atoms with Crippen LogP contribution in [0.1, 0.15) is 6.92 Å². The van der Waals surface area contributed by atoms with Gasteiger partial charge in [0.25, 0.3) is 0 Å². The smallest absolute Gasteiger partial charge is 0.142 e. The van der Waals surface area contributed by atoms with Gasteiger partial charge in [-0.2, -0.15) is 0 Å². The minimum absolute atomic E-state index is 0.0667. The summed E-state index contributed by atoms with van der Waals surface area (Å²) in [5.74, 6) is 0.0870. The highest BCUT2D eigenvalue weighted by molar-refractivity contribution is 6.30. The van der Waals surface area contributed by atoms with Crippen LogP contribution in [0, 0.1) is 5.82 Å². The topological polar surface area (TPSA) is 9.23 Å². The molecule has 0 heterocycles. The maximum absolute atomic E-state index is 12.6. The second-order valence-electron chi connectivity index (χ2n) is 2.16. The standard InChI is InChI=1S/C9H8ClFO/c1-2-5-12-7-3-4-9(11)8(10)6-7/h2-6H,1H3/b5-2-. The lowest BCUT2D eigenvalue weighted by Gasteiger charge is -1.99. The van der Waals surface area contributed by atoms with E-state index >= 15 is 0 Å². The van der Waals surface area contributed by atoms with Crippen LogP contribution in [0.15, 0.2) is 30.5 Å². The monoisotopic (exact) mass is 186 g/mol. The van der Waals surface area contributed by atoms with Crippen molar-refractivity contribution in [1.82, 2.24) is 0 Å². The average molecular weight is 187 g/mol. The highest BCUT2D eigenvalue weighted by Gasteiger charge is 1.99. The third-order valence-corrected chi connectivity index (χ3v) is 1.52. The first-order valence-electron chi connectivity index (χ1n) is 3.47. The van der Waals surface area contributed by atoms with Crippen LogP contribution in [0.3, 0.4) is 0 Å². The zero-order valence-electron chi connectivity index (χ0n) is 6.55. The fourth-order valence-corrected chi connectivity index (χ4v) is 0.867. The van der Waals surface area contributed by atoms with Gasteiger partial charge in [0.15, 0.2) is 0 Å². The minimum Gasteiger partial charge on any atom is -0.465 e. The molecule has 0 radical (unpaired) electrons. The van der Waals surface area contributed by atoms with Crippen molar-refractivity contribution in [3.8, 4) is 5.75 Å². The summed E-state index contributed by atoms with van der Waals surface area (Å²) in [7, 11) is 0. The van der Waals surface area contributed by atoms with Crippen molar-refractivity contribution in [1.29, 1.82) is 0 Å². The summed E-state index contributed by atoms with van der Waals surface area (Å²) in [5.41, 5.74) is 0. The second kappa shape index (κ2) is 4.12. The normalized spacial score (nSPS) is 10.6. The van der Waals surface area contributed by atoms with Crippen LogP contribution < -0.4 is 4.74 Å². The number of hydrogen-bond donors (Lipinski definition) is 0. The average Bonchev–Trinajstić information content (AvgIpc) is 2.07. The third kappa shape index (κ3) is 2.24. The number of halogens is 2. The molecular formula is C9H8ClFO. The van der Waals surface area contributed by atoms with Gasteiger partial charge in [-0.05, 0) is 19.1 Å². The van der Waals surface area contributed by atoms with Crippen molar-refractivity contribution in [2.75, 3.05) is 0 Å². The molecule has 0 amide bonds. The van der Waals surface area contributed by atoms with E-state index in [1.165, 1.54) is 24.5 Å². The van der Waals surface area contributed by atoms with E-state index in [0.717, 1.165) is 0 Å². The van der Waals surface area contributed by atoms with Gasteiger partial charge in [-0.1, -0.05) is 17.7 Å². The molecule has 0 N–H and O–H groups in total. The summed E-state index contributed by atoms with van der Waals surface area (Å²) in [6.07, 6.45) is 3.24. The molecule has 3 heteroatoms. The van der Waals surface area contributed by atoms with Crippen LogP contribution in [0.5, 0.6) is 5.75 Å². The molecule has 1 aromatic carbocycles. The first kappa shape index (κ1) is 9.07. The van der Waals surface area contributed by atoms with Crippen molar-refractivity contribution in [2.24, 2.45) is 0 Å². The van der Waals surface area contributed by atoms with Crippen LogP contribution in [0.25, 0.3) is 0 Å². The summed E-state index contributed by atoms with van der Waals surface area (Å²) in [5, 5.41) is 0.0667. The van der Waals surface area contributed by atoms with E-state index in [1.807, 2.05) is 6.92 Å². The molecule has 0 unspecified atom stereocenters. The summed E-state index contributed by atoms with van der Waals surface area (Å²) >= 11 is 5.51. The quantitative estimate of drug-likeness (QED) is 0.644. The highest BCUT2D eigenvalue weighted by atomic mass is 35.5. The van der Waals surface area contributed by atoms with Gasteiger partial charge in [0.05, 0.1) is 11.3 Å². The predicted molar refractivity (Wildman–Crippen MR) is 46.9 cm³/mol. The molecule has 0 bridgehead atoms. The van der Waals surface area contributed by atoms with Crippen molar-refractivity contribution in [3.05, 3.63) is 41.4 Å². The Morgan fingerprint density at radius 3 is 2.83 bits per heavy atom. The Labute approximate surface area is 75.4 Å². The SMILES string of the molecule is C/C=C\Oc1ccc(F)c(Cl)c1. The highest BCUT2D eigenvalue weighted by Crippen LogP contribution is 2.20. The lowest BCUT2D eigenvalue weighted by molar-refractivity contribution is 0.478. The van der Waals surface area contributed by atoms with Gasteiger partial charge in [-0.15, -0.1) is 0 Å². The van der Waals surface area contributed by atoms with Gasteiger partial charge in [0, 0.05) is 6.07 Å². The van der Waals surface area contributed by atoms with Gasteiger partial charge < -0.3 is 4.74 Å². The van der Waals surface area contributed by atoms with Gasteiger partial charge >= 0.3 is 0 Å². The Morgan fingerprint density at radius 2 is 2.25 bits per heavy atom. The van der Waals surface area contributed by atoms with Crippen LogP contribution in [0.4, 0.5) is 4.39 Å². The number of ether oxygens (including phenoxy) is 1. The fraction of sp³-hybridized carbons (Fsp3) is 0.111. The summed E-state index contributed by atoms with van der Waals surface area (Å²) < 4.78 is 17.7. The lowest BCUT2D eigenvalue weighted by Crippen LogP contribution is -1.82. The largest absolute Gasteiger partial charge is 0.465 e. The number of allylic oxidation sites excluding steroid dienone is 1. The first-order valence-corrected chi connectivity index (χ1v) is 3.84. The Hall–Kier alpha value is -1.02. The number of benzene rings is 1. The molecule has 1 rings (SSSR count). The van der Waals surface area contributed by atoms with E-state index in [1.54, 1.807) is 6.08 Å². The van der Waals surface area contributed by atoms with Crippen LogP contribution in [-0.2, 0) is 0 Å². The lowest BCUT2D eigenvalue weighted by atomic mass is 10.3. The molecule has 0 saturated carbocycles. The Kier molecular flexibility index (Phi) is 3.11. The molecule has 12 heavy (non-hydrogen) atoms. The molecule has 0 fully saturated rings. The number of hydrogen-bond acceptors (Lipinski definition) is 1. The van der Waals surface area contributed by atoms with Crippen molar-refractivity contribution >= 4 is 11.6 Å². The molecular weight excluding hydrogens is 179 g/mol. The first-order chi connectivity index (χ1) is 5.74. The second-order valence-corrected chi connectivity index (χ2v) is 2.57. The molecule has 0 atom stereocenters. The zero-order valence-corrected chi connectivity index (χ0v) is 7.31. The maximum atomic E-state index is 12.6. The number of rotatable bonds is 2. The summed E-state index contributed by atoms with van der Waals surface area (Å²) in [6, 6.07) is 4.21. The van der Waals surface area contributed by atoms with E-state index in [-0.39, 0.29) is 5.02 Å². The molecule has 0 aliphatic heterocycles. The molecule has 64 valence electrons. The molecule has 0 aromatic heterocycles. The minimum atomic E-state index is -0.440. The summed E-state index contributed by atoms with van der Waals surface area (Å²) in [4.78, 5) is 0. The van der Waals surface area contributed by atoms with Gasteiger partial charge in [-0.3, -0.25) is 0 Å². The Bertz CT molecular complexity index is 297. The van der Waals surface area contributed by atoms with Crippen LogP contribution in [0.2, 0.25) is 5.02 Å². The van der Waals surface area contributed by atoms with E-state index in [4.69, 9.17) is 16.3 Å².